The summed E-state index contributed by atoms with van der Waals surface area (Å²) in [7, 11) is 0. The number of hydrogen-bond acceptors (Lipinski definition) is 3. The molecule has 106 valence electrons. The molecule has 0 fully saturated rings. The van der Waals surface area contributed by atoms with E-state index in [0.29, 0.717) is 23.6 Å². The third-order valence-electron chi connectivity index (χ3n) is 3.15. The summed E-state index contributed by atoms with van der Waals surface area (Å²) in [4.78, 5) is 0.443. The number of thiocarbonyl (C=S) groups is 1. The number of nitrogens with two attached hydrogens (primary N) is 1. The van der Waals surface area contributed by atoms with Gasteiger partial charge in [0.2, 0.25) is 0 Å². The second kappa shape index (κ2) is 7.46. The first-order valence-corrected chi connectivity index (χ1v) is 7.11. The average molecular weight is 280 g/mol. The molecule has 1 unspecified atom stereocenters. The van der Waals surface area contributed by atoms with E-state index in [1.54, 1.807) is 0 Å². The average Bonchev–Trinajstić information content (AvgIpc) is 2.33. The first-order valence-electron chi connectivity index (χ1n) is 6.70. The van der Waals surface area contributed by atoms with Crippen LogP contribution in [0.5, 0.6) is 0 Å². The quantitative estimate of drug-likeness (QED) is 0.753. The normalized spacial score (nSPS) is 12.5. The fourth-order valence-electron chi connectivity index (χ4n) is 1.89. The lowest BCUT2D eigenvalue weighted by molar-refractivity contribution is 0.127. The number of ether oxygens (including phenoxy) is 1. The van der Waals surface area contributed by atoms with E-state index in [1.165, 1.54) is 0 Å². The van der Waals surface area contributed by atoms with Crippen LogP contribution in [-0.2, 0) is 4.74 Å². The molecule has 19 heavy (non-hydrogen) atoms. The maximum Gasteiger partial charge on any atom is 0.104 e. The number of hydrogen-bond donors (Lipinski definition) is 2. The summed E-state index contributed by atoms with van der Waals surface area (Å²) in [6, 6.07) is 6.37. The van der Waals surface area contributed by atoms with Gasteiger partial charge in [-0.25, -0.2) is 0 Å². The maximum atomic E-state index is 5.67. The monoisotopic (exact) mass is 280 g/mol. The first kappa shape index (κ1) is 15.9. The summed E-state index contributed by atoms with van der Waals surface area (Å²) < 4.78 is 5.52. The van der Waals surface area contributed by atoms with Gasteiger partial charge in [-0.1, -0.05) is 26.1 Å². The van der Waals surface area contributed by atoms with E-state index < -0.39 is 0 Å². The molecule has 3 N–H and O–H groups in total. The van der Waals surface area contributed by atoms with Gasteiger partial charge < -0.3 is 15.8 Å². The van der Waals surface area contributed by atoms with Crippen LogP contribution in [0.2, 0.25) is 0 Å². The zero-order valence-corrected chi connectivity index (χ0v) is 13.0. The summed E-state index contributed by atoms with van der Waals surface area (Å²) in [5.74, 6) is 0.502. The molecule has 3 nitrogen and oxygen atoms in total. The van der Waals surface area contributed by atoms with Crippen molar-refractivity contribution in [3.05, 3.63) is 29.3 Å². The van der Waals surface area contributed by atoms with Crippen molar-refractivity contribution in [3.8, 4) is 0 Å². The highest BCUT2D eigenvalue weighted by atomic mass is 32.1. The summed E-state index contributed by atoms with van der Waals surface area (Å²) in [6.45, 7) is 9.86. The van der Waals surface area contributed by atoms with Gasteiger partial charge in [-0.05, 0) is 43.5 Å². The largest absolute Gasteiger partial charge is 0.389 e. The van der Waals surface area contributed by atoms with Crippen molar-refractivity contribution in [1.29, 1.82) is 0 Å². The van der Waals surface area contributed by atoms with Gasteiger partial charge in [-0.2, -0.15) is 0 Å². The van der Waals surface area contributed by atoms with E-state index in [4.69, 9.17) is 22.7 Å². The van der Waals surface area contributed by atoms with Crippen LogP contribution in [0.25, 0.3) is 0 Å². The minimum atomic E-state index is 0.301. The van der Waals surface area contributed by atoms with Crippen LogP contribution in [-0.4, -0.2) is 24.2 Å². The van der Waals surface area contributed by atoms with Crippen molar-refractivity contribution >= 4 is 22.9 Å². The minimum absolute atomic E-state index is 0.301. The zero-order valence-electron chi connectivity index (χ0n) is 12.2. The molecule has 1 atom stereocenters. The highest BCUT2D eigenvalue weighted by Crippen LogP contribution is 2.18. The van der Waals surface area contributed by atoms with Gasteiger partial charge in [-0.3, -0.25) is 0 Å². The van der Waals surface area contributed by atoms with E-state index >= 15 is 0 Å². The highest BCUT2D eigenvalue weighted by Gasteiger charge is 2.13. The van der Waals surface area contributed by atoms with Crippen LogP contribution >= 0.6 is 12.2 Å². The van der Waals surface area contributed by atoms with E-state index in [1.807, 2.05) is 26.0 Å². The Kier molecular flexibility index (Phi) is 6.25. The van der Waals surface area contributed by atoms with Crippen molar-refractivity contribution in [2.75, 3.05) is 18.5 Å². The Labute approximate surface area is 121 Å². The number of benzene rings is 1. The van der Waals surface area contributed by atoms with E-state index in [-0.39, 0.29) is 0 Å². The number of nitrogens with one attached hydrogen (secondary N) is 1. The third-order valence-corrected chi connectivity index (χ3v) is 3.37. The van der Waals surface area contributed by atoms with Gasteiger partial charge in [0, 0.05) is 17.9 Å². The molecule has 4 heteroatoms. The molecule has 1 aromatic rings. The van der Waals surface area contributed by atoms with E-state index in [9.17, 15) is 0 Å². The Balaban J connectivity index is 2.79. The highest BCUT2D eigenvalue weighted by molar-refractivity contribution is 7.80. The van der Waals surface area contributed by atoms with Gasteiger partial charge in [0.15, 0.2) is 0 Å². The molecule has 1 aromatic carbocycles. The molecule has 0 radical (unpaired) electrons. The fraction of sp³-hybridized carbons (Fsp3) is 0.533. The Bertz CT molecular complexity index is 432. The predicted molar refractivity (Wildman–Crippen MR) is 85.8 cm³/mol. The van der Waals surface area contributed by atoms with Crippen LogP contribution in [0.1, 0.15) is 31.9 Å². The predicted octanol–water partition coefficient (Wildman–Crippen LogP) is 3.10. The molecule has 0 saturated heterocycles. The van der Waals surface area contributed by atoms with Crippen LogP contribution in [0.15, 0.2) is 18.2 Å². The van der Waals surface area contributed by atoms with Crippen molar-refractivity contribution < 1.29 is 4.74 Å². The maximum absolute atomic E-state index is 5.67. The van der Waals surface area contributed by atoms with Crippen molar-refractivity contribution in [2.24, 2.45) is 11.7 Å². The number of aryl methyl sites for hydroxylation is 1. The lowest BCUT2D eigenvalue weighted by Crippen LogP contribution is -2.31. The molecular formula is C15H24N2OS. The van der Waals surface area contributed by atoms with Crippen molar-refractivity contribution in [1.82, 2.24) is 0 Å². The first-order chi connectivity index (χ1) is 8.95. The Hall–Kier alpha value is -1.13. The van der Waals surface area contributed by atoms with Crippen molar-refractivity contribution in [3.63, 3.8) is 0 Å². The van der Waals surface area contributed by atoms with Crippen LogP contribution in [0, 0.1) is 12.8 Å². The molecule has 0 aliphatic heterocycles. The summed E-state index contributed by atoms with van der Waals surface area (Å²) in [5, 5.41) is 3.51. The summed E-state index contributed by atoms with van der Waals surface area (Å²) in [6.07, 6.45) is 0. The van der Waals surface area contributed by atoms with Crippen LogP contribution < -0.4 is 11.1 Å². The van der Waals surface area contributed by atoms with Gasteiger partial charge in [0.25, 0.3) is 0 Å². The molecular weight excluding hydrogens is 256 g/mol. The lowest BCUT2D eigenvalue weighted by Gasteiger charge is -2.23. The third kappa shape index (κ3) is 4.80. The Morgan fingerprint density at radius 2 is 2.11 bits per heavy atom. The zero-order chi connectivity index (χ0) is 14.4. The van der Waals surface area contributed by atoms with Crippen LogP contribution in [0.4, 0.5) is 5.69 Å². The van der Waals surface area contributed by atoms with Gasteiger partial charge >= 0.3 is 0 Å². The minimum Gasteiger partial charge on any atom is -0.389 e. The molecule has 0 aliphatic carbocycles. The Morgan fingerprint density at radius 1 is 1.42 bits per heavy atom. The summed E-state index contributed by atoms with van der Waals surface area (Å²) in [5.41, 5.74) is 8.78. The van der Waals surface area contributed by atoms with Gasteiger partial charge in [-0.15, -0.1) is 0 Å². The standard InChI is InChI=1S/C15H24N2OS/c1-5-18-9-14(10(2)3)17-12-6-7-13(15(16)19)11(4)8-12/h6-8,10,14,17H,5,9H2,1-4H3,(H2,16,19). The molecule has 1 rings (SSSR count). The topological polar surface area (TPSA) is 47.3 Å². The second-order valence-corrected chi connectivity index (χ2v) is 5.49. The van der Waals surface area contributed by atoms with Gasteiger partial charge in [0.1, 0.15) is 4.99 Å². The smallest absolute Gasteiger partial charge is 0.104 e. The molecule has 0 spiro atoms. The summed E-state index contributed by atoms with van der Waals surface area (Å²) >= 11 is 5.02. The molecule has 0 bridgehead atoms. The second-order valence-electron chi connectivity index (χ2n) is 5.05. The SMILES string of the molecule is CCOCC(Nc1ccc(C(N)=S)c(C)c1)C(C)C. The molecule has 0 saturated carbocycles. The Morgan fingerprint density at radius 3 is 2.58 bits per heavy atom. The molecule has 0 amide bonds. The molecule has 0 aromatic heterocycles. The molecule has 0 aliphatic rings. The van der Waals surface area contributed by atoms with Gasteiger partial charge in [0.05, 0.1) is 12.6 Å². The van der Waals surface area contributed by atoms with Crippen LogP contribution in [0.3, 0.4) is 0 Å². The lowest BCUT2D eigenvalue weighted by atomic mass is 10.0. The number of rotatable bonds is 7. The molecule has 0 heterocycles. The van der Waals surface area contributed by atoms with E-state index in [0.717, 1.165) is 23.4 Å². The van der Waals surface area contributed by atoms with E-state index in [2.05, 4.69) is 25.2 Å². The number of anilines is 1. The van der Waals surface area contributed by atoms with Crippen molar-refractivity contribution in [2.45, 2.75) is 33.7 Å². The fourth-order valence-corrected chi connectivity index (χ4v) is 2.12.